The van der Waals surface area contributed by atoms with E-state index in [2.05, 4.69) is 15.8 Å². The van der Waals surface area contributed by atoms with Gasteiger partial charge in [0.05, 0.1) is 22.3 Å². The highest BCUT2D eigenvalue weighted by molar-refractivity contribution is 7.99. The van der Waals surface area contributed by atoms with Gasteiger partial charge in [0.25, 0.3) is 11.5 Å². The zero-order valence-corrected chi connectivity index (χ0v) is 19.9. The summed E-state index contributed by atoms with van der Waals surface area (Å²) in [5, 5.41) is 0.895. The van der Waals surface area contributed by atoms with Gasteiger partial charge in [0.2, 0.25) is 5.91 Å². The lowest BCUT2D eigenvalue weighted by atomic mass is 10.1. The predicted molar refractivity (Wildman–Crippen MR) is 134 cm³/mol. The van der Waals surface area contributed by atoms with Crippen LogP contribution in [0.2, 0.25) is 0 Å². The molecule has 34 heavy (non-hydrogen) atoms. The Morgan fingerprint density at radius 3 is 2.38 bits per heavy atom. The summed E-state index contributed by atoms with van der Waals surface area (Å²) < 4.78 is 1.53. The number of hydrazine groups is 1. The van der Waals surface area contributed by atoms with Crippen molar-refractivity contribution in [3.8, 4) is 5.69 Å². The van der Waals surface area contributed by atoms with Crippen LogP contribution in [-0.2, 0) is 4.79 Å². The van der Waals surface area contributed by atoms with Crippen molar-refractivity contribution in [1.82, 2.24) is 20.4 Å². The standard InChI is InChI=1S/C26H24N4O3S/c1-16-8-11-19(12-9-16)24(32)29-28-23(31)15-34-26-27-22-7-5-4-6-21(22)25(33)30(26)20-13-10-17(2)18(3)14-20/h4-14H,15H2,1-3H3,(H,28,31)(H,29,32). The number of nitrogens with one attached hydrogen (secondary N) is 2. The number of aryl methyl sites for hydroxylation is 3. The normalized spacial score (nSPS) is 10.8. The SMILES string of the molecule is Cc1ccc(C(=O)NNC(=O)CSc2nc3ccccc3c(=O)n2-c2ccc(C)c(C)c2)cc1. The van der Waals surface area contributed by atoms with Crippen molar-refractivity contribution in [3.63, 3.8) is 0 Å². The Kier molecular flexibility index (Phi) is 6.79. The molecule has 2 N–H and O–H groups in total. The first-order chi connectivity index (χ1) is 16.3. The largest absolute Gasteiger partial charge is 0.272 e. The first-order valence-electron chi connectivity index (χ1n) is 10.7. The lowest BCUT2D eigenvalue weighted by Crippen LogP contribution is -2.42. The third-order valence-electron chi connectivity index (χ3n) is 5.46. The lowest BCUT2D eigenvalue weighted by molar-refractivity contribution is -0.119. The van der Waals surface area contributed by atoms with Crippen LogP contribution in [0.4, 0.5) is 0 Å². The minimum atomic E-state index is -0.417. The minimum Gasteiger partial charge on any atom is -0.272 e. The second-order valence-corrected chi connectivity index (χ2v) is 8.92. The highest BCUT2D eigenvalue weighted by atomic mass is 32.2. The van der Waals surface area contributed by atoms with Gasteiger partial charge in [-0.2, -0.15) is 0 Å². The van der Waals surface area contributed by atoms with Crippen LogP contribution < -0.4 is 16.4 Å². The van der Waals surface area contributed by atoms with E-state index in [1.165, 1.54) is 4.57 Å². The number of benzene rings is 3. The number of amides is 2. The van der Waals surface area contributed by atoms with E-state index in [-0.39, 0.29) is 11.3 Å². The molecule has 1 heterocycles. The molecule has 0 atom stereocenters. The zero-order chi connectivity index (χ0) is 24.2. The quantitative estimate of drug-likeness (QED) is 0.261. The van der Waals surface area contributed by atoms with E-state index in [4.69, 9.17) is 0 Å². The third kappa shape index (κ3) is 5.02. The number of carbonyl (C=O) groups is 2. The summed E-state index contributed by atoms with van der Waals surface area (Å²) in [5.74, 6) is -0.863. The average molecular weight is 473 g/mol. The number of nitrogens with zero attached hydrogens (tertiary/aromatic N) is 2. The summed E-state index contributed by atoms with van der Waals surface area (Å²) in [7, 11) is 0. The highest BCUT2D eigenvalue weighted by Gasteiger charge is 2.16. The fraction of sp³-hybridized carbons (Fsp3) is 0.154. The Morgan fingerprint density at radius 2 is 1.65 bits per heavy atom. The molecule has 0 spiro atoms. The summed E-state index contributed by atoms with van der Waals surface area (Å²) in [6.45, 7) is 5.92. The van der Waals surface area contributed by atoms with Crippen LogP contribution in [0.15, 0.2) is 76.7 Å². The van der Waals surface area contributed by atoms with Crippen molar-refractivity contribution < 1.29 is 9.59 Å². The molecule has 0 aliphatic heterocycles. The van der Waals surface area contributed by atoms with Crippen LogP contribution in [0.3, 0.4) is 0 Å². The number of fused-ring (bicyclic) bond motifs is 1. The van der Waals surface area contributed by atoms with Crippen LogP contribution in [0, 0.1) is 20.8 Å². The first kappa shape index (κ1) is 23.3. The summed E-state index contributed by atoms with van der Waals surface area (Å²) in [6, 6.07) is 19.9. The van der Waals surface area contributed by atoms with E-state index in [1.807, 2.05) is 57.2 Å². The number of hydrogen-bond acceptors (Lipinski definition) is 5. The van der Waals surface area contributed by atoms with Gasteiger partial charge in [-0.25, -0.2) is 4.98 Å². The van der Waals surface area contributed by atoms with Crippen LogP contribution >= 0.6 is 11.8 Å². The van der Waals surface area contributed by atoms with Gasteiger partial charge in [0.15, 0.2) is 5.16 Å². The van der Waals surface area contributed by atoms with Gasteiger partial charge >= 0.3 is 0 Å². The molecule has 4 rings (SSSR count). The molecule has 172 valence electrons. The van der Waals surface area contributed by atoms with E-state index >= 15 is 0 Å². The molecule has 0 saturated heterocycles. The maximum absolute atomic E-state index is 13.3. The van der Waals surface area contributed by atoms with Crippen molar-refractivity contribution >= 4 is 34.5 Å². The second kappa shape index (κ2) is 9.93. The maximum Gasteiger partial charge on any atom is 0.269 e. The van der Waals surface area contributed by atoms with E-state index in [1.54, 1.807) is 30.3 Å². The summed E-state index contributed by atoms with van der Waals surface area (Å²) in [6.07, 6.45) is 0. The summed E-state index contributed by atoms with van der Waals surface area (Å²) >= 11 is 1.13. The number of hydrogen-bond donors (Lipinski definition) is 2. The Labute approximate surface area is 201 Å². The van der Waals surface area contributed by atoms with Gasteiger partial charge in [0.1, 0.15) is 0 Å². The van der Waals surface area contributed by atoms with Gasteiger partial charge in [-0.05, 0) is 68.3 Å². The van der Waals surface area contributed by atoms with E-state index in [9.17, 15) is 14.4 Å². The Bertz CT molecular complexity index is 1450. The van der Waals surface area contributed by atoms with E-state index in [0.717, 1.165) is 28.5 Å². The van der Waals surface area contributed by atoms with Crippen molar-refractivity contribution in [3.05, 3.63) is 99.3 Å². The van der Waals surface area contributed by atoms with E-state index in [0.29, 0.717) is 27.3 Å². The molecule has 0 aliphatic rings. The molecule has 0 saturated carbocycles. The van der Waals surface area contributed by atoms with Crippen molar-refractivity contribution in [2.24, 2.45) is 0 Å². The van der Waals surface area contributed by atoms with Gasteiger partial charge in [-0.15, -0.1) is 0 Å². The number of rotatable bonds is 5. The van der Waals surface area contributed by atoms with Gasteiger partial charge < -0.3 is 0 Å². The van der Waals surface area contributed by atoms with Crippen LogP contribution in [0.5, 0.6) is 0 Å². The fourth-order valence-corrected chi connectivity index (χ4v) is 4.18. The van der Waals surface area contributed by atoms with E-state index < -0.39 is 11.8 Å². The highest BCUT2D eigenvalue weighted by Crippen LogP contribution is 2.22. The topological polar surface area (TPSA) is 93.1 Å². The molecule has 4 aromatic rings. The summed E-state index contributed by atoms with van der Waals surface area (Å²) in [4.78, 5) is 42.7. The number of aromatic nitrogens is 2. The monoisotopic (exact) mass is 472 g/mol. The molecule has 0 unspecified atom stereocenters. The second-order valence-electron chi connectivity index (χ2n) is 7.98. The Morgan fingerprint density at radius 1 is 0.912 bits per heavy atom. The fourth-order valence-electron chi connectivity index (χ4n) is 3.37. The molecular formula is C26H24N4O3S. The van der Waals surface area contributed by atoms with Gasteiger partial charge in [0, 0.05) is 5.56 Å². The lowest BCUT2D eigenvalue weighted by Gasteiger charge is -2.14. The number of para-hydroxylation sites is 1. The molecule has 7 nitrogen and oxygen atoms in total. The third-order valence-corrected chi connectivity index (χ3v) is 6.39. The minimum absolute atomic E-state index is 0.0379. The van der Waals surface area contributed by atoms with Gasteiger partial charge in [-0.3, -0.25) is 29.8 Å². The molecular weight excluding hydrogens is 448 g/mol. The first-order valence-corrected chi connectivity index (χ1v) is 11.7. The molecule has 2 amide bonds. The zero-order valence-electron chi connectivity index (χ0n) is 19.1. The molecule has 8 heteroatoms. The molecule has 0 radical (unpaired) electrons. The average Bonchev–Trinajstić information content (AvgIpc) is 2.83. The molecule has 0 bridgehead atoms. The maximum atomic E-state index is 13.3. The molecule has 0 fully saturated rings. The Hall–Kier alpha value is -3.91. The van der Waals surface area contributed by atoms with Crippen molar-refractivity contribution in [1.29, 1.82) is 0 Å². The van der Waals surface area contributed by atoms with Crippen LogP contribution in [0.25, 0.3) is 16.6 Å². The number of carbonyl (C=O) groups excluding carboxylic acids is 2. The summed E-state index contributed by atoms with van der Waals surface area (Å²) in [5.41, 5.74) is 9.51. The number of thioether (sulfide) groups is 1. The van der Waals surface area contributed by atoms with Crippen LogP contribution in [-0.4, -0.2) is 27.1 Å². The van der Waals surface area contributed by atoms with Crippen molar-refractivity contribution in [2.45, 2.75) is 25.9 Å². The molecule has 3 aromatic carbocycles. The predicted octanol–water partition coefficient (Wildman–Crippen LogP) is 3.86. The van der Waals surface area contributed by atoms with Crippen molar-refractivity contribution in [2.75, 3.05) is 5.75 Å². The molecule has 0 aliphatic carbocycles. The van der Waals surface area contributed by atoms with Gasteiger partial charge in [-0.1, -0.05) is 47.7 Å². The smallest absolute Gasteiger partial charge is 0.269 e. The molecule has 1 aromatic heterocycles. The Balaban J connectivity index is 1.55. The van der Waals surface area contributed by atoms with Crippen LogP contribution in [0.1, 0.15) is 27.0 Å².